The number of hydrogen-bond donors (Lipinski definition) is 2. The van der Waals surface area contributed by atoms with Gasteiger partial charge in [-0.2, -0.15) is 0 Å². The number of benzene rings is 1. The lowest BCUT2D eigenvalue weighted by Crippen LogP contribution is -2.27. The molecule has 9 heteroatoms. The summed E-state index contributed by atoms with van der Waals surface area (Å²) in [4.78, 5) is 0.598. The van der Waals surface area contributed by atoms with Crippen LogP contribution in [0.3, 0.4) is 0 Å². The highest BCUT2D eigenvalue weighted by atomic mass is 35.5. The van der Waals surface area contributed by atoms with E-state index in [2.05, 4.69) is 4.72 Å². The molecule has 0 radical (unpaired) electrons. The number of thiophene rings is 1. The number of nitrogen functional groups attached to an aromatic ring is 1. The zero-order chi connectivity index (χ0) is 15.8. The summed E-state index contributed by atoms with van der Waals surface area (Å²) in [5, 5.41) is -0.0483. The fourth-order valence-corrected chi connectivity index (χ4v) is 5.34. The van der Waals surface area contributed by atoms with Crippen LogP contribution in [0.25, 0.3) is 0 Å². The number of halogens is 3. The predicted molar refractivity (Wildman–Crippen MR) is 88.9 cm³/mol. The van der Waals surface area contributed by atoms with Crippen LogP contribution in [-0.4, -0.2) is 8.42 Å². The highest BCUT2D eigenvalue weighted by Gasteiger charge is 2.25. The van der Waals surface area contributed by atoms with Crippen molar-refractivity contribution in [2.45, 2.75) is 17.9 Å². The zero-order valence-corrected chi connectivity index (χ0v) is 14.6. The van der Waals surface area contributed by atoms with Gasteiger partial charge in [0, 0.05) is 10.6 Å². The largest absolute Gasteiger partial charge is 0.399 e. The van der Waals surface area contributed by atoms with Crippen molar-refractivity contribution < 1.29 is 8.42 Å². The van der Waals surface area contributed by atoms with Crippen molar-refractivity contribution in [2.24, 2.45) is 0 Å². The Morgan fingerprint density at radius 2 is 1.76 bits per heavy atom. The summed E-state index contributed by atoms with van der Waals surface area (Å²) in [5.41, 5.74) is 5.86. The maximum absolute atomic E-state index is 12.4. The predicted octanol–water partition coefficient (Wildman–Crippen LogP) is 4.33. The van der Waals surface area contributed by atoms with Crippen molar-refractivity contribution in [1.29, 1.82) is 0 Å². The molecule has 0 aliphatic rings. The van der Waals surface area contributed by atoms with Crippen LogP contribution in [0.5, 0.6) is 0 Å². The smallest absolute Gasteiger partial charge is 0.244 e. The SMILES string of the molecule is CC(NS(=O)(=O)c1c(Cl)cc(N)cc1Cl)c1ccc(Cl)s1. The van der Waals surface area contributed by atoms with Crippen molar-refractivity contribution in [1.82, 2.24) is 4.72 Å². The molecule has 3 N–H and O–H groups in total. The Bertz CT molecular complexity index is 752. The van der Waals surface area contributed by atoms with E-state index in [1.165, 1.54) is 23.5 Å². The Morgan fingerprint density at radius 3 is 2.24 bits per heavy atom. The zero-order valence-electron chi connectivity index (χ0n) is 10.7. The molecule has 21 heavy (non-hydrogen) atoms. The maximum atomic E-state index is 12.4. The fraction of sp³-hybridized carbons (Fsp3) is 0.167. The van der Waals surface area contributed by atoms with E-state index in [4.69, 9.17) is 40.5 Å². The molecule has 0 fully saturated rings. The van der Waals surface area contributed by atoms with Crippen LogP contribution in [0.15, 0.2) is 29.2 Å². The van der Waals surface area contributed by atoms with Gasteiger partial charge in [-0.3, -0.25) is 0 Å². The summed E-state index contributed by atoms with van der Waals surface area (Å²) in [6.07, 6.45) is 0. The van der Waals surface area contributed by atoms with E-state index >= 15 is 0 Å². The van der Waals surface area contributed by atoms with Gasteiger partial charge in [-0.1, -0.05) is 34.8 Å². The van der Waals surface area contributed by atoms with Crippen molar-refractivity contribution >= 4 is 61.9 Å². The molecule has 0 aliphatic carbocycles. The second kappa shape index (κ2) is 6.32. The monoisotopic (exact) mass is 384 g/mol. The van der Waals surface area contributed by atoms with Gasteiger partial charge in [0.05, 0.1) is 20.4 Å². The van der Waals surface area contributed by atoms with Crippen molar-refractivity contribution in [2.75, 3.05) is 5.73 Å². The molecule has 0 spiro atoms. The minimum absolute atomic E-state index is 0.0242. The minimum atomic E-state index is -3.88. The van der Waals surface area contributed by atoms with Gasteiger partial charge in [-0.05, 0) is 31.2 Å². The van der Waals surface area contributed by atoms with Gasteiger partial charge in [-0.25, -0.2) is 13.1 Å². The third-order valence-corrected chi connectivity index (χ3v) is 6.52. The van der Waals surface area contributed by atoms with E-state index < -0.39 is 16.1 Å². The van der Waals surface area contributed by atoms with Crippen LogP contribution in [0.4, 0.5) is 5.69 Å². The van der Waals surface area contributed by atoms with Gasteiger partial charge >= 0.3 is 0 Å². The molecule has 0 saturated heterocycles. The molecular weight excluding hydrogens is 375 g/mol. The van der Waals surface area contributed by atoms with Crippen LogP contribution >= 0.6 is 46.1 Å². The molecule has 0 saturated carbocycles. The first kappa shape index (κ1) is 16.9. The first-order valence-electron chi connectivity index (χ1n) is 5.73. The second-order valence-corrected chi connectivity index (χ2v) is 8.51. The molecule has 0 amide bonds. The molecule has 1 aromatic heterocycles. The molecule has 114 valence electrons. The first-order valence-corrected chi connectivity index (χ1v) is 9.16. The van der Waals surface area contributed by atoms with Gasteiger partial charge < -0.3 is 5.73 Å². The number of nitrogens with two attached hydrogens (primary N) is 1. The summed E-state index contributed by atoms with van der Waals surface area (Å²) in [6.45, 7) is 1.71. The van der Waals surface area contributed by atoms with Crippen molar-refractivity contribution in [3.8, 4) is 0 Å². The molecule has 1 atom stereocenters. The van der Waals surface area contributed by atoms with Crippen molar-refractivity contribution in [3.05, 3.63) is 43.5 Å². The highest BCUT2D eigenvalue weighted by Crippen LogP contribution is 2.33. The van der Waals surface area contributed by atoms with Crippen molar-refractivity contribution in [3.63, 3.8) is 0 Å². The number of hydrogen-bond acceptors (Lipinski definition) is 4. The van der Waals surface area contributed by atoms with E-state index in [-0.39, 0.29) is 14.9 Å². The Balaban J connectivity index is 2.35. The third-order valence-electron chi connectivity index (χ3n) is 2.64. The molecule has 0 aliphatic heterocycles. The van der Waals surface area contributed by atoms with Crippen LogP contribution in [0, 0.1) is 0 Å². The Kier molecular flexibility index (Phi) is 5.07. The topological polar surface area (TPSA) is 72.2 Å². The normalized spacial score (nSPS) is 13.3. The molecular formula is C12H11Cl3N2O2S2. The quantitative estimate of drug-likeness (QED) is 0.769. The standard InChI is InChI=1S/C12H11Cl3N2O2S2/c1-6(10-2-3-11(15)20-10)17-21(18,19)12-8(13)4-7(16)5-9(12)14/h2-6,17H,16H2,1H3. The highest BCUT2D eigenvalue weighted by molar-refractivity contribution is 7.89. The average molecular weight is 386 g/mol. The molecule has 2 rings (SSSR count). The van der Waals surface area contributed by atoms with Crippen LogP contribution < -0.4 is 10.5 Å². The molecule has 1 unspecified atom stereocenters. The third kappa shape index (κ3) is 3.83. The lowest BCUT2D eigenvalue weighted by atomic mass is 10.3. The Morgan fingerprint density at radius 1 is 1.19 bits per heavy atom. The Labute approximate surface area is 141 Å². The number of sulfonamides is 1. The van der Waals surface area contributed by atoms with Crippen LogP contribution in [-0.2, 0) is 10.0 Å². The minimum Gasteiger partial charge on any atom is -0.399 e. The summed E-state index contributed by atoms with van der Waals surface area (Å²) in [6, 6.07) is 5.68. The van der Waals surface area contributed by atoms with Crippen LogP contribution in [0.1, 0.15) is 17.8 Å². The van der Waals surface area contributed by atoms with E-state index in [0.29, 0.717) is 10.0 Å². The lowest BCUT2D eigenvalue weighted by molar-refractivity contribution is 0.568. The van der Waals surface area contributed by atoms with E-state index in [1.54, 1.807) is 19.1 Å². The first-order chi connectivity index (χ1) is 9.70. The second-order valence-electron chi connectivity index (χ2n) is 4.30. The molecule has 4 nitrogen and oxygen atoms in total. The number of nitrogens with one attached hydrogen (secondary N) is 1. The summed E-state index contributed by atoms with van der Waals surface area (Å²) in [5.74, 6) is 0. The van der Waals surface area contributed by atoms with Gasteiger partial charge in [-0.15, -0.1) is 11.3 Å². The fourth-order valence-electron chi connectivity index (χ4n) is 1.75. The number of anilines is 1. The Hall–Kier alpha value is -0.500. The van der Waals surface area contributed by atoms with E-state index in [9.17, 15) is 8.42 Å². The molecule has 1 heterocycles. The number of rotatable bonds is 4. The van der Waals surface area contributed by atoms with E-state index in [1.807, 2.05) is 0 Å². The summed E-state index contributed by atoms with van der Waals surface area (Å²) in [7, 11) is -3.88. The van der Waals surface area contributed by atoms with Gasteiger partial charge in [0.1, 0.15) is 4.90 Å². The summed E-state index contributed by atoms with van der Waals surface area (Å²) < 4.78 is 28.0. The lowest BCUT2D eigenvalue weighted by Gasteiger charge is -2.15. The molecule has 2 aromatic rings. The van der Waals surface area contributed by atoms with Gasteiger partial charge in [0.2, 0.25) is 10.0 Å². The van der Waals surface area contributed by atoms with E-state index in [0.717, 1.165) is 4.88 Å². The maximum Gasteiger partial charge on any atom is 0.244 e. The molecule has 1 aromatic carbocycles. The average Bonchev–Trinajstić information content (AvgIpc) is 2.73. The summed E-state index contributed by atoms with van der Waals surface area (Å²) >= 11 is 19.0. The van der Waals surface area contributed by atoms with Gasteiger partial charge in [0.15, 0.2) is 0 Å². The molecule has 0 bridgehead atoms. The van der Waals surface area contributed by atoms with Crippen LogP contribution in [0.2, 0.25) is 14.4 Å². The van der Waals surface area contributed by atoms with Gasteiger partial charge in [0.25, 0.3) is 0 Å².